The van der Waals surface area contributed by atoms with Crippen LogP contribution in [-0.4, -0.2) is 21.6 Å². The van der Waals surface area contributed by atoms with Crippen molar-refractivity contribution >= 4 is 23.5 Å². The zero-order valence-corrected chi connectivity index (χ0v) is 12.0. The normalized spacial score (nSPS) is 10.2. The lowest BCUT2D eigenvalue weighted by Gasteiger charge is -2.06. The predicted molar refractivity (Wildman–Crippen MR) is 80.2 cm³/mol. The van der Waals surface area contributed by atoms with Gasteiger partial charge in [-0.05, 0) is 12.5 Å². The van der Waals surface area contributed by atoms with E-state index in [0.717, 1.165) is 5.56 Å². The molecule has 2 rings (SSSR count). The van der Waals surface area contributed by atoms with E-state index in [2.05, 4.69) is 15.3 Å². The number of hydrogen-bond donors (Lipinski definition) is 2. The minimum atomic E-state index is -0.0550. The Bertz CT molecular complexity index is 586. The van der Waals surface area contributed by atoms with Gasteiger partial charge in [0.05, 0.1) is 5.75 Å². The van der Waals surface area contributed by atoms with Crippen molar-refractivity contribution in [2.24, 2.45) is 0 Å². The zero-order chi connectivity index (χ0) is 14.4. The molecular formula is C14H16N4OS. The van der Waals surface area contributed by atoms with Crippen LogP contribution in [0.25, 0.3) is 0 Å². The van der Waals surface area contributed by atoms with Crippen LogP contribution in [-0.2, 0) is 11.3 Å². The molecule has 1 aromatic carbocycles. The van der Waals surface area contributed by atoms with Crippen molar-refractivity contribution in [1.29, 1.82) is 0 Å². The van der Waals surface area contributed by atoms with Crippen LogP contribution in [0.3, 0.4) is 0 Å². The molecule has 0 saturated heterocycles. The molecule has 0 radical (unpaired) electrons. The SMILES string of the molecule is Cc1ccc(CNC(=O)CSc2nccnc2N)cc1. The van der Waals surface area contributed by atoms with Crippen molar-refractivity contribution in [1.82, 2.24) is 15.3 Å². The number of aromatic nitrogens is 2. The highest BCUT2D eigenvalue weighted by atomic mass is 32.2. The molecule has 1 amide bonds. The van der Waals surface area contributed by atoms with E-state index in [1.165, 1.54) is 23.5 Å². The molecule has 5 nitrogen and oxygen atoms in total. The molecule has 0 aliphatic carbocycles. The van der Waals surface area contributed by atoms with E-state index in [1.807, 2.05) is 31.2 Å². The molecule has 0 spiro atoms. The van der Waals surface area contributed by atoms with Crippen molar-refractivity contribution in [2.75, 3.05) is 11.5 Å². The summed E-state index contributed by atoms with van der Waals surface area (Å²) in [5.74, 6) is 0.568. The summed E-state index contributed by atoms with van der Waals surface area (Å²) in [6, 6.07) is 8.06. The molecule has 0 unspecified atom stereocenters. The molecular weight excluding hydrogens is 272 g/mol. The molecule has 2 aromatic rings. The Balaban J connectivity index is 1.78. The molecule has 0 atom stereocenters. The smallest absolute Gasteiger partial charge is 0.230 e. The summed E-state index contributed by atoms with van der Waals surface area (Å²) in [6.45, 7) is 2.56. The first-order valence-corrected chi connectivity index (χ1v) is 7.15. The highest BCUT2D eigenvalue weighted by Crippen LogP contribution is 2.19. The summed E-state index contributed by atoms with van der Waals surface area (Å²) in [4.78, 5) is 19.7. The Labute approximate surface area is 122 Å². The average Bonchev–Trinajstić information content (AvgIpc) is 2.46. The highest BCUT2D eigenvalue weighted by Gasteiger charge is 2.06. The predicted octanol–water partition coefficient (Wildman–Crippen LogP) is 1.78. The van der Waals surface area contributed by atoms with Crippen LogP contribution in [0.2, 0.25) is 0 Å². The van der Waals surface area contributed by atoms with E-state index < -0.39 is 0 Å². The maximum Gasteiger partial charge on any atom is 0.230 e. The molecule has 0 bridgehead atoms. The van der Waals surface area contributed by atoms with E-state index >= 15 is 0 Å². The van der Waals surface area contributed by atoms with Gasteiger partial charge in [-0.3, -0.25) is 4.79 Å². The Hall–Kier alpha value is -2.08. The lowest BCUT2D eigenvalue weighted by Crippen LogP contribution is -2.24. The minimum Gasteiger partial charge on any atom is -0.381 e. The summed E-state index contributed by atoms with van der Waals surface area (Å²) in [6.07, 6.45) is 3.08. The lowest BCUT2D eigenvalue weighted by atomic mass is 10.1. The van der Waals surface area contributed by atoms with Gasteiger partial charge in [0.1, 0.15) is 5.03 Å². The number of amides is 1. The second kappa shape index (κ2) is 6.91. The third kappa shape index (κ3) is 4.24. The number of benzene rings is 1. The van der Waals surface area contributed by atoms with Gasteiger partial charge in [0, 0.05) is 18.9 Å². The summed E-state index contributed by atoms with van der Waals surface area (Å²) in [5, 5.41) is 3.44. The largest absolute Gasteiger partial charge is 0.381 e. The number of nitrogen functional groups attached to an aromatic ring is 1. The van der Waals surface area contributed by atoms with Crippen LogP contribution >= 0.6 is 11.8 Å². The fraction of sp³-hybridized carbons (Fsp3) is 0.214. The van der Waals surface area contributed by atoms with Crippen molar-refractivity contribution in [2.45, 2.75) is 18.5 Å². The monoisotopic (exact) mass is 288 g/mol. The van der Waals surface area contributed by atoms with Crippen molar-refractivity contribution in [3.8, 4) is 0 Å². The first-order chi connectivity index (χ1) is 9.65. The number of rotatable bonds is 5. The van der Waals surface area contributed by atoms with Crippen LogP contribution in [0.5, 0.6) is 0 Å². The Kier molecular flexibility index (Phi) is 4.95. The Morgan fingerprint density at radius 1 is 1.25 bits per heavy atom. The van der Waals surface area contributed by atoms with Crippen LogP contribution in [0, 0.1) is 6.92 Å². The average molecular weight is 288 g/mol. The van der Waals surface area contributed by atoms with Gasteiger partial charge in [0.15, 0.2) is 5.82 Å². The van der Waals surface area contributed by atoms with Gasteiger partial charge in [-0.15, -0.1) is 0 Å². The van der Waals surface area contributed by atoms with Gasteiger partial charge in [-0.25, -0.2) is 9.97 Å². The van der Waals surface area contributed by atoms with Gasteiger partial charge < -0.3 is 11.1 Å². The lowest BCUT2D eigenvalue weighted by molar-refractivity contribution is -0.118. The first kappa shape index (κ1) is 14.3. The summed E-state index contributed by atoms with van der Waals surface area (Å²) in [5.41, 5.74) is 7.94. The molecule has 1 aromatic heterocycles. The molecule has 104 valence electrons. The van der Waals surface area contributed by atoms with E-state index in [0.29, 0.717) is 17.4 Å². The molecule has 0 saturated carbocycles. The van der Waals surface area contributed by atoms with Gasteiger partial charge >= 0.3 is 0 Å². The fourth-order valence-corrected chi connectivity index (χ4v) is 2.24. The second-order valence-corrected chi connectivity index (χ2v) is 5.26. The fourth-order valence-electron chi connectivity index (χ4n) is 1.54. The maximum atomic E-state index is 11.7. The van der Waals surface area contributed by atoms with Gasteiger partial charge in [-0.2, -0.15) is 0 Å². The number of nitrogens with two attached hydrogens (primary N) is 1. The zero-order valence-electron chi connectivity index (χ0n) is 11.2. The third-order valence-electron chi connectivity index (χ3n) is 2.64. The molecule has 3 N–H and O–H groups in total. The second-order valence-electron chi connectivity index (χ2n) is 4.30. The van der Waals surface area contributed by atoms with Crippen molar-refractivity contribution < 1.29 is 4.79 Å². The third-order valence-corrected chi connectivity index (χ3v) is 3.64. The number of nitrogens with one attached hydrogen (secondary N) is 1. The minimum absolute atomic E-state index is 0.0550. The van der Waals surface area contributed by atoms with Crippen molar-refractivity contribution in [3.05, 3.63) is 47.8 Å². The van der Waals surface area contributed by atoms with E-state index in [1.54, 1.807) is 6.20 Å². The summed E-state index contributed by atoms with van der Waals surface area (Å²) in [7, 11) is 0. The number of aryl methyl sites for hydroxylation is 1. The molecule has 1 heterocycles. The van der Waals surface area contributed by atoms with Gasteiger partial charge in [-0.1, -0.05) is 41.6 Å². The first-order valence-electron chi connectivity index (χ1n) is 6.16. The molecule has 0 fully saturated rings. The van der Waals surface area contributed by atoms with Gasteiger partial charge in [0.2, 0.25) is 5.91 Å². The molecule has 0 aliphatic heterocycles. The van der Waals surface area contributed by atoms with Crippen molar-refractivity contribution in [3.63, 3.8) is 0 Å². The Morgan fingerprint density at radius 2 is 1.95 bits per heavy atom. The number of anilines is 1. The number of carbonyl (C=O) groups is 1. The van der Waals surface area contributed by atoms with Gasteiger partial charge in [0.25, 0.3) is 0 Å². The standard InChI is InChI=1S/C14H16N4OS/c1-10-2-4-11(5-3-10)8-18-12(19)9-20-14-13(15)16-6-7-17-14/h2-7H,8-9H2,1H3,(H2,15,16)(H,18,19). The quantitative estimate of drug-likeness (QED) is 0.820. The summed E-state index contributed by atoms with van der Waals surface area (Å²) >= 11 is 1.28. The molecule has 20 heavy (non-hydrogen) atoms. The Morgan fingerprint density at radius 3 is 2.65 bits per heavy atom. The van der Waals surface area contributed by atoms with E-state index in [-0.39, 0.29) is 11.7 Å². The summed E-state index contributed by atoms with van der Waals surface area (Å²) < 4.78 is 0. The van der Waals surface area contributed by atoms with Crippen LogP contribution in [0.4, 0.5) is 5.82 Å². The molecule has 6 heteroatoms. The number of nitrogens with zero attached hydrogens (tertiary/aromatic N) is 2. The van der Waals surface area contributed by atoms with Crippen LogP contribution in [0.1, 0.15) is 11.1 Å². The van der Waals surface area contributed by atoms with Crippen LogP contribution < -0.4 is 11.1 Å². The maximum absolute atomic E-state index is 11.7. The number of hydrogen-bond acceptors (Lipinski definition) is 5. The molecule has 0 aliphatic rings. The topological polar surface area (TPSA) is 80.9 Å². The van der Waals surface area contributed by atoms with E-state index in [4.69, 9.17) is 5.73 Å². The number of thioether (sulfide) groups is 1. The number of carbonyl (C=O) groups excluding carboxylic acids is 1. The van der Waals surface area contributed by atoms with Crippen LogP contribution in [0.15, 0.2) is 41.7 Å². The highest BCUT2D eigenvalue weighted by molar-refractivity contribution is 8.00. The van der Waals surface area contributed by atoms with E-state index in [9.17, 15) is 4.79 Å².